The second-order valence-corrected chi connectivity index (χ2v) is 6.88. The summed E-state index contributed by atoms with van der Waals surface area (Å²) in [5, 5.41) is 12.9. The summed E-state index contributed by atoms with van der Waals surface area (Å²) in [7, 11) is 0. The molecule has 1 aliphatic rings. The lowest BCUT2D eigenvalue weighted by molar-refractivity contribution is -0.132. The third kappa shape index (κ3) is 4.84. The molecule has 26 heavy (non-hydrogen) atoms. The predicted octanol–water partition coefficient (Wildman–Crippen LogP) is 3.12. The molecule has 0 saturated carbocycles. The number of aliphatic hydroxyl groups is 1. The van der Waals surface area contributed by atoms with Crippen LogP contribution in [0.25, 0.3) is 0 Å². The number of likely N-dealkylation sites (tertiary alicyclic amines) is 1. The van der Waals surface area contributed by atoms with Gasteiger partial charge in [0.15, 0.2) is 0 Å². The average Bonchev–Trinajstić information content (AvgIpc) is 2.64. The van der Waals surface area contributed by atoms with Gasteiger partial charge in [-0.2, -0.15) is 0 Å². The highest BCUT2D eigenvalue weighted by Gasteiger charge is 2.21. The summed E-state index contributed by atoms with van der Waals surface area (Å²) in [5.41, 5.74) is 2.09. The van der Waals surface area contributed by atoms with Crippen LogP contribution in [0.4, 0.5) is 5.69 Å². The zero-order chi connectivity index (χ0) is 18.5. The van der Waals surface area contributed by atoms with Gasteiger partial charge in [-0.15, -0.1) is 0 Å². The molecule has 2 aromatic rings. The molecule has 0 spiro atoms. The van der Waals surface area contributed by atoms with Gasteiger partial charge in [0.1, 0.15) is 0 Å². The Morgan fingerprint density at radius 3 is 2.27 bits per heavy atom. The minimum atomic E-state index is -0.289. The number of piperidine rings is 1. The van der Waals surface area contributed by atoms with Crippen LogP contribution in [0.3, 0.4) is 0 Å². The van der Waals surface area contributed by atoms with Crippen molar-refractivity contribution < 1.29 is 14.7 Å². The number of nitrogens with zero attached hydrogens (tertiary/aromatic N) is 1. The maximum Gasteiger partial charge on any atom is 0.255 e. The molecule has 1 fully saturated rings. The third-order valence-corrected chi connectivity index (χ3v) is 4.74. The fraction of sp³-hybridized carbons (Fsp3) is 0.300. The van der Waals surface area contributed by atoms with Crippen LogP contribution in [0.1, 0.15) is 28.8 Å². The lowest BCUT2D eigenvalue weighted by Gasteiger charge is -2.29. The first-order valence-corrected chi connectivity index (χ1v) is 9.01. The van der Waals surface area contributed by atoms with E-state index in [1.165, 1.54) is 0 Å². The number of amides is 2. The van der Waals surface area contributed by atoms with Gasteiger partial charge in [0.2, 0.25) is 5.91 Å². The number of aliphatic hydroxyl groups excluding tert-OH is 1. The third-order valence-electron chi connectivity index (χ3n) is 4.49. The van der Waals surface area contributed by atoms with Crippen LogP contribution < -0.4 is 5.32 Å². The average molecular weight is 373 g/mol. The number of rotatable bonds is 4. The van der Waals surface area contributed by atoms with Crippen LogP contribution in [0.2, 0.25) is 5.02 Å². The lowest BCUT2D eigenvalue weighted by Crippen LogP contribution is -2.40. The van der Waals surface area contributed by atoms with Crippen molar-refractivity contribution in [2.45, 2.75) is 25.4 Å². The highest BCUT2D eigenvalue weighted by Crippen LogP contribution is 2.16. The van der Waals surface area contributed by atoms with Gasteiger partial charge < -0.3 is 15.3 Å². The second-order valence-electron chi connectivity index (χ2n) is 6.45. The molecule has 0 radical (unpaired) electrons. The summed E-state index contributed by atoms with van der Waals surface area (Å²) in [4.78, 5) is 26.3. The molecule has 2 aromatic carbocycles. The van der Waals surface area contributed by atoms with E-state index in [-0.39, 0.29) is 17.9 Å². The quantitative estimate of drug-likeness (QED) is 0.866. The first-order chi connectivity index (χ1) is 12.5. The zero-order valence-electron chi connectivity index (χ0n) is 14.3. The molecule has 1 aliphatic heterocycles. The Labute approximate surface area is 157 Å². The Balaban J connectivity index is 1.55. The first kappa shape index (κ1) is 18.4. The van der Waals surface area contributed by atoms with E-state index in [1.807, 2.05) is 12.1 Å². The number of carbonyl (C=O) groups is 2. The molecule has 6 heteroatoms. The Hall–Kier alpha value is -2.37. The van der Waals surface area contributed by atoms with E-state index in [2.05, 4.69) is 5.32 Å². The highest BCUT2D eigenvalue weighted by molar-refractivity contribution is 6.30. The molecule has 2 N–H and O–H groups in total. The van der Waals surface area contributed by atoms with Crippen molar-refractivity contribution in [3.05, 3.63) is 64.7 Å². The highest BCUT2D eigenvalue weighted by atomic mass is 35.5. The van der Waals surface area contributed by atoms with Crippen LogP contribution in [-0.2, 0) is 11.2 Å². The number of carbonyl (C=O) groups excluding carboxylic acids is 2. The first-order valence-electron chi connectivity index (χ1n) is 8.63. The molecular weight excluding hydrogens is 352 g/mol. The van der Waals surface area contributed by atoms with Gasteiger partial charge in [0.25, 0.3) is 5.91 Å². The molecule has 3 rings (SSSR count). The van der Waals surface area contributed by atoms with E-state index < -0.39 is 0 Å². The molecule has 1 heterocycles. The summed E-state index contributed by atoms with van der Waals surface area (Å²) in [6.45, 7) is 1.21. The summed E-state index contributed by atoms with van der Waals surface area (Å²) in [6, 6.07) is 13.9. The van der Waals surface area contributed by atoms with Crippen molar-refractivity contribution in [1.82, 2.24) is 4.90 Å². The normalized spacial score (nSPS) is 14.9. The van der Waals surface area contributed by atoms with Gasteiger partial charge in [0.05, 0.1) is 12.5 Å². The van der Waals surface area contributed by atoms with E-state index in [4.69, 9.17) is 11.6 Å². The zero-order valence-corrected chi connectivity index (χ0v) is 15.1. The number of anilines is 1. The van der Waals surface area contributed by atoms with Gasteiger partial charge in [-0.3, -0.25) is 9.59 Å². The fourth-order valence-electron chi connectivity index (χ4n) is 2.91. The molecule has 0 aromatic heterocycles. The predicted molar refractivity (Wildman–Crippen MR) is 101 cm³/mol. The maximum absolute atomic E-state index is 12.3. The Kier molecular flexibility index (Phi) is 5.91. The SMILES string of the molecule is O=C(Nc1ccc(CC(=O)N2CCC(O)CC2)cc1)c1ccc(Cl)cc1. The van der Waals surface area contributed by atoms with Crippen LogP contribution >= 0.6 is 11.6 Å². The van der Waals surface area contributed by atoms with Crippen LogP contribution in [0.5, 0.6) is 0 Å². The Bertz CT molecular complexity index is 767. The molecule has 0 atom stereocenters. The minimum Gasteiger partial charge on any atom is -0.393 e. The lowest BCUT2D eigenvalue weighted by atomic mass is 10.1. The molecule has 0 aliphatic carbocycles. The van der Waals surface area contributed by atoms with E-state index in [0.29, 0.717) is 48.6 Å². The number of hydrogen-bond donors (Lipinski definition) is 2. The number of benzene rings is 2. The van der Waals surface area contributed by atoms with Gasteiger partial charge in [-0.05, 0) is 54.8 Å². The maximum atomic E-state index is 12.3. The summed E-state index contributed by atoms with van der Waals surface area (Å²) >= 11 is 5.82. The molecule has 5 nitrogen and oxygen atoms in total. The summed E-state index contributed by atoms with van der Waals surface area (Å²) < 4.78 is 0. The van der Waals surface area contributed by atoms with Crippen LogP contribution in [0, 0.1) is 0 Å². The van der Waals surface area contributed by atoms with Gasteiger partial charge in [0, 0.05) is 29.4 Å². The van der Waals surface area contributed by atoms with Crippen LogP contribution in [0.15, 0.2) is 48.5 Å². The van der Waals surface area contributed by atoms with Gasteiger partial charge in [-0.1, -0.05) is 23.7 Å². The van der Waals surface area contributed by atoms with Crippen molar-refractivity contribution >= 4 is 29.1 Å². The van der Waals surface area contributed by atoms with E-state index >= 15 is 0 Å². The van der Waals surface area contributed by atoms with Crippen molar-refractivity contribution in [2.24, 2.45) is 0 Å². The standard InChI is InChI=1S/C20H21ClN2O3/c21-16-5-3-15(4-6-16)20(26)22-17-7-1-14(2-8-17)13-19(25)23-11-9-18(24)10-12-23/h1-8,18,24H,9-13H2,(H,22,26). The number of nitrogens with one attached hydrogen (secondary N) is 1. The topological polar surface area (TPSA) is 69.6 Å². The van der Waals surface area contributed by atoms with E-state index in [1.54, 1.807) is 41.3 Å². The largest absolute Gasteiger partial charge is 0.393 e. The Morgan fingerprint density at radius 1 is 1.04 bits per heavy atom. The summed E-state index contributed by atoms with van der Waals surface area (Å²) in [6.07, 6.45) is 1.31. The van der Waals surface area contributed by atoms with Crippen molar-refractivity contribution in [3.63, 3.8) is 0 Å². The van der Waals surface area contributed by atoms with Crippen molar-refractivity contribution in [3.8, 4) is 0 Å². The van der Waals surface area contributed by atoms with Crippen molar-refractivity contribution in [2.75, 3.05) is 18.4 Å². The monoisotopic (exact) mass is 372 g/mol. The van der Waals surface area contributed by atoms with E-state index in [9.17, 15) is 14.7 Å². The minimum absolute atomic E-state index is 0.0647. The molecule has 0 bridgehead atoms. The second kappa shape index (κ2) is 8.34. The molecular formula is C20H21ClN2O3. The van der Waals surface area contributed by atoms with E-state index in [0.717, 1.165) is 5.56 Å². The van der Waals surface area contributed by atoms with Gasteiger partial charge >= 0.3 is 0 Å². The molecule has 136 valence electrons. The van der Waals surface area contributed by atoms with Crippen molar-refractivity contribution in [1.29, 1.82) is 0 Å². The van der Waals surface area contributed by atoms with Crippen LogP contribution in [-0.4, -0.2) is 41.0 Å². The Morgan fingerprint density at radius 2 is 1.65 bits per heavy atom. The fourth-order valence-corrected chi connectivity index (χ4v) is 3.04. The molecule has 1 saturated heterocycles. The molecule has 0 unspecified atom stereocenters. The molecule has 2 amide bonds. The smallest absolute Gasteiger partial charge is 0.255 e. The number of hydrogen-bond acceptors (Lipinski definition) is 3. The number of halogens is 1. The summed E-state index contributed by atoms with van der Waals surface area (Å²) in [5.74, 6) is -0.146. The van der Waals surface area contributed by atoms with Gasteiger partial charge in [-0.25, -0.2) is 0 Å².